The summed E-state index contributed by atoms with van der Waals surface area (Å²) in [5.74, 6) is 0.799. The van der Waals surface area contributed by atoms with Crippen molar-refractivity contribution in [2.24, 2.45) is 12.0 Å². The zero-order valence-corrected chi connectivity index (χ0v) is 16.8. The molecule has 2 unspecified atom stereocenters. The normalized spacial score (nSPS) is 14.3. The first-order valence-corrected chi connectivity index (χ1v) is 9.15. The second-order valence-electron chi connectivity index (χ2n) is 6.84. The summed E-state index contributed by atoms with van der Waals surface area (Å²) in [6.07, 6.45) is 5.03. The highest BCUT2D eigenvalue weighted by Crippen LogP contribution is 2.17. The van der Waals surface area contributed by atoms with Gasteiger partial charge in [0.1, 0.15) is 0 Å². The number of nitrogens with one attached hydrogen (secondary N) is 2. The molecule has 142 valence electrons. The Labute approximate surface area is 157 Å². The first-order chi connectivity index (χ1) is 12.4. The van der Waals surface area contributed by atoms with Crippen molar-refractivity contribution < 1.29 is 0 Å². The van der Waals surface area contributed by atoms with Gasteiger partial charge in [0.15, 0.2) is 5.96 Å². The van der Waals surface area contributed by atoms with Gasteiger partial charge in [0, 0.05) is 32.4 Å². The zero-order chi connectivity index (χ0) is 19.1. The van der Waals surface area contributed by atoms with Gasteiger partial charge in [0.05, 0.1) is 18.3 Å². The third-order valence-electron chi connectivity index (χ3n) is 4.66. The van der Waals surface area contributed by atoms with E-state index in [2.05, 4.69) is 84.0 Å². The lowest BCUT2D eigenvalue weighted by Crippen LogP contribution is -2.42. The molecule has 2 N–H and O–H groups in total. The summed E-state index contributed by atoms with van der Waals surface area (Å²) < 4.78 is 1.83. The fourth-order valence-corrected chi connectivity index (χ4v) is 2.93. The van der Waals surface area contributed by atoms with Crippen LogP contribution in [0.4, 0.5) is 0 Å². The van der Waals surface area contributed by atoms with Crippen molar-refractivity contribution in [2.45, 2.75) is 32.4 Å². The largest absolute Gasteiger partial charge is 0.354 e. The van der Waals surface area contributed by atoms with Crippen LogP contribution in [0.1, 0.15) is 42.6 Å². The number of nitrogens with zero attached hydrogens (tertiary/aromatic N) is 4. The molecular formula is C20H32N6. The number of hydrogen-bond donors (Lipinski definition) is 2. The average Bonchev–Trinajstić information content (AvgIpc) is 3.06. The third-order valence-corrected chi connectivity index (χ3v) is 4.66. The number of likely N-dealkylation sites (N-methyl/N-ethyl adjacent to an activating group) is 1. The van der Waals surface area contributed by atoms with E-state index in [1.807, 2.05) is 17.9 Å². The van der Waals surface area contributed by atoms with Gasteiger partial charge >= 0.3 is 0 Å². The predicted octanol–water partition coefficient (Wildman–Crippen LogP) is 2.51. The van der Waals surface area contributed by atoms with Crippen molar-refractivity contribution >= 4 is 5.96 Å². The summed E-state index contributed by atoms with van der Waals surface area (Å²) in [6.45, 7) is 5.07. The quantitative estimate of drug-likeness (QED) is 0.591. The van der Waals surface area contributed by atoms with Gasteiger partial charge in [-0.1, -0.05) is 31.2 Å². The Kier molecular flexibility index (Phi) is 7.21. The highest BCUT2D eigenvalue weighted by atomic mass is 15.3. The van der Waals surface area contributed by atoms with E-state index in [4.69, 9.17) is 0 Å². The summed E-state index contributed by atoms with van der Waals surface area (Å²) in [4.78, 5) is 6.56. The summed E-state index contributed by atoms with van der Waals surface area (Å²) in [5, 5.41) is 11.2. The van der Waals surface area contributed by atoms with E-state index >= 15 is 0 Å². The van der Waals surface area contributed by atoms with Gasteiger partial charge in [0.25, 0.3) is 0 Å². The molecule has 2 atom stereocenters. The maximum atomic E-state index is 4.37. The predicted molar refractivity (Wildman–Crippen MR) is 108 cm³/mol. The molecule has 0 spiro atoms. The van der Waals surface area contributed by atoms with Crippen LogP contribution in [0.3, 0.4) is 0 Å². The standard InChI is InChI=1S/C20H32N6/c1-7-16-8-10-17(11-9-16)15(2)24-20(21-3)22-13-19(25(4)5)18-12-23-26(6)14-18/h8-12,14-15,19H,7,13H2,1-6H3,(H2,21,22,24). The lowest BCUT2D eigenvalue weighted by molar-refractivity contribution is 0.298. The highest BCUT2D eigenvalue weighted by Gasteiger charge is 2.17. The Morgan fingerprint density at radius 3 is 2.42 bits per heavy atom. The third kappa shape index (κ3) is 5.33. The fraction of sp³-hybridized carbons (Fsp3) is 0.500. The Morgan fingerprint density at radius 1 is 1.23 bits per heavy atom. The maximum Gasteiger partial charge on any atom is 0.191 e. The van der Waals surface area contributed by atoms with Crippen LogP contribution < -0.4 is 10.6 Å². The van der Waals surface area contributed by atoms with E-state index < -0.39 is 0 Å². The van der Waals surface area contributed by atoms with E-state index in [-0.39, 0.29) is 12.1 Å². The molecule has 0 saturated heterocycles. The molecule has 0 aliphatic rings. The second-order valence-corrected chi connectivity index (χ2v) is 6.84. The van der Waals surface area contributed by atoms with Crippen LogP contribution in [0.25, 0.3) is 0 Å². The van der Waals surface area contributed by atoms with Crippen molar-refractivity contribution in [1.29, 1.82) is 0 Å². The van der Waals surface area contributed by atoms with Gasteiger partial charge in [0.2, 0.25) is 0 Å². The minimum Gasteiger partial charge on any atom is -0.354 e. The van der Waals surface area contributed by atoms with Crippen molar-refractivity contribution in [1.82, 2.24) is 25.3 Å². The van der Waals surface area contributed by atoms with Crippen LogP contribution in [0.2, 0.25) is 0 Å². The summed E-state index contributed by atoms with van der Waals surface area (Å²) in [6, 6.07) is 9.15. The molecule has 0 aliphatic carbocycles. The van der Waals surface area contributed by atoms with Crippen LogP contribution in [-0.2, 0) is 13.5 Å². The second kappa shape index (κ2) is 9.38. The van der Waals surface area contributed by atoms with Gasteiger partial charge in [-0.15, -0.1) is 0 Å². The van der Waals surface area contributed by atoms with Crippen LogP contribution in [0.15, 0.2) is 41.7 Å². The molecule has 1 aromatic carbocycles. The van der Waals surface area contributed by atoms with Crippen LogP contribution in [-0.4, -0.2) is 48.3 Å². The first kappa shape index (κ1) is 20.0. The van der Waals surface area contributed by atoms with Gasteiger partial charge in [-0.25, -0.2) is 0 Å². The smallest absolute Gasteiger partial charge is 0.191 e. The molecule has 0 radical (unpaired) electrons. The number of hydrogen-bond acceptors (Lipinski definition) is 3. The zero-order valence-electron chi connectivity index (χ0n) is 16.8. The van der Waals surface area contributed by atoms with Crippen molar-refractivity contribution in [2.75, 3.05) is 27.7 Å². The molecule has 2 rings (SSSR count). The molecule has 0 bridgehead atoms. The molecule has 6 heteroatoms. The number of rotatable bonds is 7. The fourth-order valence-electron chi connectivity index (χ4n) is 2.93. The Hall–Kier alpha value is -2.34. The van der Waals surface area contributed by atoms with Crippen molar-refractivity contribution in [3.8, 4) is 0 Å². The molecule has 26 heavy (non-hydrogen) atoms. The Morgan fingerprint density at radius 2 is 1.92 bits per heavy atom. The summed E-state index contributed by atoms with van der Waals surface area (Å²) in [7, 11) is 7.90. The minimum absolute atomic E-state index is 0.184. The molecule has 6 nitrogen and oxygen atoms in total. The molecule has 0 fully saturated rings. The van der Waals surface area contributed by atoms with Gasteiger partial charge in [-0.05, 0) is 38.6 Å². The van der Waals surface area contributed by atoms with Gasteiger partial charge < -0.3 is 15.5 Å². The van der Waals surface area contributed by atoms with E-state index in [1.54, 1.807) is 7.05 Å². The molecule has 2 aromatic rings. The number of benzene rings is 1. The number of aliphatic imine (C=N–C) groups is 1. The molecule has 1 aromatic heterocycles. The number of guanidine groups is 1. The monoisotopic (exact) mass is 356 g/mol. The van der Waals surface area contributed by atoms with Crippen LogP contribution in [0.5, 0.6) is 0 Å². The summed E-state index contributed by atoms with van der Waals surface area (Å²) in [5.41, 5.74) is 3.79. The van der Waals surface area contributed by atoms with E-state index in [9.17, 15) is 0 Å². The Bertz CT molecular complexity index is 701. The topological polar surface area (TPSA) is 57.5 Å². The molecule has 0 aliphatic heterocycles. The molecule has 1 heterocycles. The van der Waals surface area contributed by atoms with Crippen LogP contribution >= 0.6 is 0 Å². The van der Waals surface area contributed by atoms with Crippen molar-refractivity contribution in [3.05, 3.63) is 53.3 Å². The maximum absolute atomic E-state index is 4.37. The first-order valence-electron chi connectivity index (χ1n) is 9.15. The molecular weight excluding hydrogens is 324 g/mol. The average molecular weight is 357 g/mol. The van der Waals surface area contributed by atoms with E-state index in [0.717, 1.165) is 18.9 Å². The van der Waals surface area contributed by atoms with E-state index in [0.29, 0.717) is 0 Å². The lowest BCUT2D eigenvalue weighted by atomic mass is 10.1. The van der Waals surface area contributed by atoms with Gasteiger partial charge in [-0.2, -0.15) is 5.10 Å². The number of aromatic nitrogens is 2. The lowest BCUT2D eigenvalue weighted by Gasteiger charge is -2.25. The van der Waals surface area contributed by atoms with Crippen molar-refractivity contribution in [3.63, 3.8) is 0 Å². The van der Waals surface area contributed by atoms with Crippen LogP contribution in [0, 0.1) is 0 Å². The SMILES string of the molecule is CCc1ccc(C(C)NC(=NC)NCC(c2cnn(C)c2)N(C)C)cc1. The Balaban J connectivity index is 1.97. The minimum atomic E-state index is 0.184. The van der Waals surface area contributed by atoms with Gasteiger partial charge in [-0.3, -0.25) is 9.67 Å². The number of aryl methyl sites for hydroxylation is 2. The highest BCUT2D eigenvalue weighted by molar-refractivity contribution is 5.80. The summed E-state index contributed by atoms with van der Waals surface area (Å²) >= 11 is 0. The molecule has 0 saturated carbocycles. The molecule has 0 amide bonds. The van der Waals surface area contributed by atoms with E-state index in [1.165, 1.54) is 16.7 Å².